The summed E-state index contributed by atoms with van der Waals surface area (Å²) in [6, 6.07) is 20.8. The molecule has 0 aliphatic rings. The summed E-state index contributed by atoms with van der Waals surface area (Å²) in [7, 11) is 0. The Hall–Kier alpha value is -3.98. The van der Waals surface area contributed by atoms with Crippen LogP contribution in [0.2, 0.25) is 0 Å². The van der Waals surface area contributed by atoms with Crippen LogP contribution in [-0.2, 0) is 4.79 Å². The standard InChI is InChI=1S/C27H26BrN3O5/c1-2-35-24-17-19(14-15-23(24)36-27(34)20-9-4-3-5-10-20)18-30-31-25(32)13-8-16-29-26(33)21-11-6-7-12-22(21)28/h3-7,9-12,14-15,17-18H,2,8,13,16H2,1H3,(H,29,33)(H,31,32). The summed E-state index contributed by atoms with van der Waals surface area (Å²) in [5, 5.41) is 6.76. The van der Waals surface area contributed by atoms with Crippen molar-refractivity contribution in [1.29, 1.82) is 0 Å². The summed E-state index contributed by atoms with van der Waals surface area (Å²) in [5.41, 5.74) is 4.09. The van der Waals surface area contributed by atoms with Crippen LogP contribution in [0.3, 0.4) is 0 Å². The first-order valence-electron chi connectivity index (χ1n) is 11.4. The molecule has 0 aromatic heterocycles. The number of esters is 1. The van der Waals surface area contributed by atoms with Gasteiger partial charge in [0.2, 0.25) is 5.91 Å². The second kappa shape index (κ2) is 13.8. The number of ether oxygens (including phenoxy) is 2. The number of carbonyl (C=O) groups is 3. The van der Waals surface area contributed by atoms with Crippen molar-refractivity contribution < 1.29 is 23.9 Å². The molecule has 8 nitrogen and oxygen atoms in total. The number of hydrogen-bond acceptors (Lipinski definition) is 6. The minimum absolute atomic E-state index is 0.201. The van der Waals surface area contributed by atoms with Gasteiger partial charge in [-0.2, -0.15) is 5.10 Å². The third-order valence-corrected chi connectivity index (χ3v) is 5.56. The molecule has 0 atom stereocenters. The van der Waals surface area contributed by atoms with Crippen molar-refractivity contribution in [2.24, 2.45) is 5.10 Å². The molecule has 0 aliphatic carbocycles. The predicted octanol–water partition coefficient (Wildman–Crippen LogP) is 4.73. The fraction of sp³-hybridized carbons (Fsp3) is 0.185. The molecule has 2 N–H and O–H groups in total. The van der Waals surface area contributed by atoms with Crippen molar-refractivity contribution in [3.05, 3.63) is 94.0 Å². The Bertz CT molecular complexity index is 1230. The predicted molar refractivity (Wildman–Crippen MR) is 140 cm³/mol. The lowest BCUT2D eigenvalue weighted by Crippen LogP contribution is -2.26. The van der Waals surface area contributed by atoms with Crippen molar-refractivity contribution in [2.45, 2.75) is 19.8 Å². The minimum Gasteiger partial charge on any atom is -0.490 e. The molecular weight excluding hydrogens is 526 g/mol. The molecule has 0 bridgehead atoms. The largest absolute Gasteiger partial charge is 0.490 e. The Morgan fingerprint density at radius 2 is 1.72 bits per heavy atom. The molecule has 0 fully saturated rings. The molecule has 0 aliphatic heterocycles. The second-order valence-electron chi connectivity index (χ2n) is 7.53. The van der Waals surface area contributed by atoms with Gasteiger partial charge < -0.3 is 14.8 Å². The van der Waals surface area contributed by atoms with Gasteiger partial charge in [-0.15, -0.1) is 0 Å². The van der Waals surface area contributed by atoms with E-state index in [2.05, 4.69) is 31.8 Å². The molecule has 0 unspecified atom stereocenters. The summed E-state index contributed by atoms with van der Waals surface area (Å²) in [6.07, 6.45) is 2.14. The van der Waals surface area contributed by atoms with E-state index in [1.54, 1.807) is 60.7 Å². The number of benzene rings is 3. The van der Waals surface area contributed by atoms with Crippen LogP contribution in [0.15, 0.2) is 82.4 Å². The van der Waals surface area contributed by atoms with Crippen molar-refractivity contribution in [1.82, 2.24) is 10.7 Å². The monoisotopic (exact) mass is 551 g/mol. The van der Waals surface area contributed by atoms with Crippen molar-refractivity contribution in [3.63, 3.8) is 0 Å². The van der Waals surface area contributed by atoms with Crippen LogP contribution in [0.4, 0.5) is 0 Å². The SMILES string of the molecule is CCOc1cc(C=NNC(=O)CCCNC(=O)c2ccccc2Br)ccc1OC(=O)c1ccccc1. The lowest BCUT2D eigenvalue weighted by molar-refractivity contribution is -0.121. The van der Waals surface area contributed by atoms with Gasteiger partial charge in [0.1, 0.15) is 0 Å². The Kier molecular flexibility index (Phi) is 10.2. The maximum absolute atomic E-state index is 12.4. The highest BCUT2D eigenvalue weighted by molar-refractivity contribution is 9.10. The fourth-order valence-electron chi connectivity index (χ4n) is 3.12. The lowest BCUT2D eigenvalue weighted by Gasteiger charge is -2.11. The van der Waals surface area contributed by atoms with Crippen LogP contribution in [0.1, 0.15) is 46.0 Å². The molecule has 0 saturated heterocycles. The molecule has 0 heterocycles. The van der Waals surface area contributed by atoms with Crippen LogP contribution in [0.5, 0.6) is 11.5 Å². The first kappa shape index (κ1) is 26.6. The highest BCUT2D eigenvalue weighted by Gasteiger charge is 2.13. The van der Waals surface area contributed by atoms with E-state index < -0.39 is 5.97 Å². The van der Waals surface area contributed by atoms with E-state index in [1.807, 2.05) is 19.1 Å². The summed E-state index contributed by atoms with van der Waals surface area (Å²) in [4.78, 5) is 36.6. The number of nitrogens with zero attached hydrogens (tertiary/aromatic N) is 1. The van der Waals surface area contributed by atoms with E-state index in [4.69, 9.17) is 9.47 Å². The first-order valence-corrected chi connectivity index (χ1v) is 12.2. The highest BCUT2D eigenvalue weighted by Crippen LogP contribution is 2.29. The van der Waals surface area contributed by atoms with Crippen LogP contribution >= 0.6 is 15.9 Å². The van der Waals surface area contributed by atoms with Gasteiger partial charge in [-0.1, -0.05) is 30.3 Å². The fourth-order valence-corrected chi connectivity index (χ4v) is 3.58. The Labute approximate surface area is 217 Å². The normalized spacial score (nSPS) is 10.6. The smallest absolute Gasteiger partial charge is 0.343 e. The van der Waals surface area contributed by atoms with Gasteiger partial charge in [-0.05, 0) is 77.3 Å². The molecule has 0 spiro atoms. The quantitative estimate of drug-likeness (QED) is 0.118. The van der Waals surface area contributed by atoms with Gasteiger partial charge in [0.15, 0.2) is 11.5 Å². The Morgan fingerprint density at radius 1 is 0.972 bits per heavy atom. The van der Waals surface area contributed by atoms with Crippen molar-refractivity contribution in [3.8, 4) is 11.5 Å². The van der Waals surface area contributed by atoms with Gasteiger partial charge in [0, 0.05) is 17.4 Å². The summed E-state index contributed by atoms with van der Waals surface area (Å²) < 4.78 is 11.8. The van der Waals surface area contributed by atoms with Crippen LogP contribution in [0, 0.1) is 0 Å². The zero-order chi connectivity index (χ0) is 25.8. The van der Waals surface area contributed by atoms with E-state index in [1.165, 1.54) is 6.21 Å². The topological polar surface area (TPSA) is 106 Å². The summed E-state index contributed by atoms with van der Waals surface area (Å²) in [5.74, 6) is -0.295. The summed E-state index contributed by atoms with van der Waals surface area (Å²) >= 11 is 3.34. The summed E-state index contributed by atoms with van der Waals surface area (Å²) in [6.45, 7) is 2.56. The number of amides is 2. The van der Waals surface area contributed by atoms with E-state index in [0.717, 1.165) is 0 Å². The van der Waals surface area contributed by atoms with Gasteiger partial charge in [0.05, 0.1) is 23.9 Å². The molecule has 3 rings (SSSR count). The number of carbonyl (C=O) groups excluding carboxylic acids is 3. The number of halogens is 1. The average molecular weight is 552 g/mol. The minimum atomic E-state index is -0.488. The molecule has 3 aromatic rings. The number of nitrogens with one attached hydrogen (secondary N) is 2. The molecule has 186 valence electrons. The average Bonchev–Trinajstić information content (AvgIpc) is 2.89. The first-order chi connectivity index (χ1) is 17.5. The molecule has 36 heavy (non-hydrogen) atoms. The number of hydrogen-bond donors (Lipinski definition) is 2. The highest BCUT2D eigenvalue weighted by atomic mass is 79.9. The molecule has 9 heteroatoms. The lowest BCUT2D eigenvalue weighted by atomic mass is 10.2. The van der Waals surface area contributed by atoms with Gasteiger partial charge in [-0.3, -0.25) is 9.59 Å². The van der Waals surface area contributed by atoms with Crippen LogP contribution in [-0.4, -0.2) is 37.1 Å². The zero-order valence-electron chi connectivity index (χ0n) is 19.7. The Morgan fingerprint density at radius 3 is 2.47 bits per heavy atom. The maximum Gasteiger partial charge on any atom is 0.343 e. The number of rotatable bonds is 11. The molecule has 0 saturated carbocycles. The second-order valence-corrected chi connectivity index (χ2v) is 8.38. The van der Waals surface area contributed by atoms with E-state index in [9.17, 15) is 14.4 Å². The van der Waals surface area contributed by atoms with E-state index in [0.29, 0.717) is 46.5 Å². The van der Waals surface area contributed by atoms with Crippen molar-refractivity contribution in [2.75, 3.05) is 13.2 Å². The van der Waals surface area contributed by atoms with Gasteiger partial charge in [-0.25, -0.2) is 10.2 Å². The van der Waals surface area contributed by atoms with Gasteiger partial charge in [0.25, 0.3) is 5.91 Å². The van der Waals surface area contributed by atoms with Crippen LogP contribution < -0.4 is 20.2 Å². The molecule has 3 aromatic carbocycles. The Balaban J connectivity index is 1.47. The molecular formula is C27H26BrN3O5. The zero-order valence-corrected chi connectivity index (χ0v) is 21.3. The van der Waals surface area contributed by atoms with Crippen LogP contribution in [0.25, 0.3) is 0 Å². The number of hydrazone groups is 1. The third-order valence-electron chi connectivity index (χ3n) is 4.87. The van der Waals surface area contributed by atoms with Crippen molar-refractivity contribution >= 4 is 39.9 Å². The third kappa shape index (κ3) is 8.06. The van der Waals surface area contributed by atoms with E-state index in [-0.39, 0.29) is 24.0 Å². The molecule has 2 amide bonds. The van der Waals surface area contributed by atoms with E-state index >= 15 is 0 Å². The maximum atomic E-state index is 12.4. The van der Waals surface area contributed by atoms with Gasteiger partial charge >= 0.3 is 5.97 Å². The molecule has 0 radical (unpaired) electrons.